The molecule has 2 saturated heterocycles. The van der Waals surface area contributed by atoms with E-state index in [1.165, 1.54) is 39.3 Å². The number of hydrogen-bond acceptors (Lipinski definition) is 4. The van der Waals surface area contributed by atoms with E-state index in [0.717, 1.165) is 51.2 Å². The Hall–Kier alpha value is -2.80. The van der Waals surface area contributed by atoms with Crippen molar-refractivity contribution in [2.24, 2.45) is 0 Å². The fourth-order valence-electron chi connectivity index (χ4n) is 5.90. The summed E-state index contributed by atoms with van der Waals surface area (Å²) in [6.45, 7) is 5.64. The van der Waals surface area contributed by atoms with E-state index in [0.29, 0.717) is 10.4 Å². The highest BCUT2D eigenvalue weighted by molar-refractivity contribution is 7.99. The minimum Gasteiger partial charge on any atom is -0.497 e. The number of carbonyl (C=O) groups excluding carboxylic acids is 1. The van der Waals surface area contributed by atoms with E-state index in [1.807, 2.05) is 12.1 Å². The Morgan fingerprint density at radius 3 is 2.26 bits per heavy atom. The third-order valence-corrected chi connectivity index (χ3v) is 9.20. The molecule has 0 spiro atoms. The Labute approximate surface area is 231 Å². The maximum Gasteiger partial charge on any atom is 0.418 e. The first-order valence-corrected chi connectivity index (χ1v) is 14.7. The van der Waals surface area contributed by atoms with Gasteiger partial charge in [-0.3, -0.25) is 10.6 Å². The van der Waals surface area contributed by atoms with E-state index in [2.05, 4.69) is 78.2 Å². The lowest BCUT2D eigenvalue weighted by Gasteiger charge is -2.42. The van der Waals surface area contributed by atoms with Gasteiger partial charge in [0.1, 0.15) is 12.3 Å². The molecule has 0 radical (unpaired) electrons. The summed E-state index contributed by atoms with van der Waals surface area (Å²) in [5.41, 5.74) is 4.02. The number of nitrogens with zero attached hydrogens (tertiary/aromatic N) is 1. The highest BCUT2D eigenvalue weighted by atomic mass is 32.2. The highest BCUT2D eigenvalue weighted by Crippen LogP contribution is 2.35. The summed E-state index contributed by atoms with van der Waals surface area (Å²) in [7, 11) is 1.69. The van der Waals surface area contributed by atoms with E-state index in [4.69, 9.17) is 4.74 Å². The third-order valence-electron chi connectivity index (χ3n) is 8.18. The smallest absolute Gasteiger partial charge is 0.418 e. The van der Waals surface area contributed by atoms with Crippen molar-refractivity contribution in [3.05, 3.63) is 89.5 Å². The summed E-state index contributed by atoms with van der Waals surface area (Å²) in [6.07, 6.45) is 5.51. The van der Waals surface area contributed by atoms with E-state index in [-0.39, 0.29) is 12.2 Å². The Bertz CT molecular complexity index is 1200. The first-order chi connectivity index (χ1) is 18.5. The second-order valence-corrected chi connectivity index (χ2v) is 11.9. The summed E-state index contributed by atoms with van der Waals surface area (Å²) in [5, 5.41) is 6.87. The molecule has 1 atom stereocenters. The van der Waals surface area contributed by atoms with Gasteiger partial charge in [-0.05, 0) is 86.2 Å². The lowest BCUT2D eigenvalue weighted by molar-refractivity contribution is -0.869. The number of piperidine rings is 2. The molecule has 0 bridgehead atoms. The number of carbonyl (C=O) groups is 1. The van der Waals surface area contributed by atoms with Gasteiger partial charge in [-0.1, -0.05) is 48.2 Å². The van der Waals surface area contributed by atoms with E-state index in [1.54, 1.807) is 18.9 Å². The predicted octanol–water partition coefficient (Wildman–Crippen LogP) is 6.86. The molecule has 2 fully saturated rings. The summed E-state index contributed by atoms with van der Waals surface area (Å²) >= 11 is 1.74. The molecular formula is C32H40N3O2S+. The van der Waals surface area contributed by atoms with Crippen LogP contribution < -0.4 is 15.4 Å². The molecule has 2 N–H and O–H groups in total. The predicted molar refractivity (Wildman–Crippen MR) is 155 cm³/mol. The van der Waals surface area contributed by atoms with Crippen LogP contribution in [0.1, 0.15) is 54.7 Å². The quantitative estimate of drug-likeness (QED) is 0.328. The lowest BCUT2D eigenvalue weighted by Crippen LogP contribution is -2.63. The molecule has 3 aromatic rings. The fraction of sp³-hybridized carbons (Fsp3) is 0.406. The van der Waals surface area contributed by atoms with Gasteiger partial charge in [-0.25, -0.2) is 9.28 Å². The van der Waals surface area contributed by atoms with Crippen molar-refractivity contribution in [3.8, 4) is 5.75 Å². The lowest BCUT2D eigenvalue weighted by atomic mass is 9.85. The largest absolute Gasteiger partial charge is 0.497 e. The summed E-state index contributed by atoms with van der Waals surface area (Å²) in [5.74, 6) is 1.39. The van der Waals surface area contributed by atoms with Gasteiger partial charge in [0.15, 0.2) is 0 Å². The van der Waals surface area contributed by atoms with Crippen molar-refractivity contribution in [1.29, 1.82) is 0 Å². The van der Waals surface area contributed by atoms with Crippen molar-refractivity contribution >= 4 is 17.8 Å². The van der Waals surface area contributed by atoms with Crippen LogP contribution in [0.4, 0.5) is 4.79 Å². The number of amides is 2. The molecule has 0 unspecified atom stereocenters. The molecule has 5 rings (SSSR count). The van der Waals surface area contributed by atoms with Crippen molar-refractivity contribution < 1.29 is 14.0 Å². The van der Waals surface area contributed by atoms with Crippen LogP contribution in [-0.2, 0) is 6.54 Å². The van der Waals surface area contributed by atoms with Crippen LogP contribution in [0.25, 0.3) is 0 Å². The van der Waals surface area contributed by atoms with Crippen LogP contribution in [0.2, 0.25) is 0 Å². The number of quaternary nitrogens is 1. The Morgan fingerprint density at radius 2 is 1.63 bits per heavy atom. The minimum absolute atomic E-state index is 0.0867. The summed E-state index contributed by atoms with van der Waals surface area (Å²) in [4.78, 5) is 16.2. The number of benzene rings is 3. The number of urea groups is 1. The van der Waals surface area contributed by atoms with Crippen molar-refractivity contribution in [3.63, 3.8) is 0 Å². The van der Waals surface area contributed by atoms with E-state index in [9.17, 15) is 4.79 Å². The fourth-order valence-corrected chi connectivity index (χ4v) is 6.72. The molecule has 2 aliphatic heterocycles. The van der Waals surface area contributed by atoms with E-state index < -0.39 is 0 Å². The molecule has 3 aromatic carbocycles. The molecule has 0 aliphatic carbocycles. The van der Waals surface area contributed by atoms with Gasteiger partial charge in [0.05, 0.1) is 26.4 Å². The van der Waals surface area contributed by atoms with Crippen LogP contribution in [0, 0.1) is 6.92 Å². The number of hydrogen-bond donors (Lipinski definition) is 2. The standard InChI is InChI=1S/C32H39N3O2S/c1-24-7-3-4-8-30(24)26-18-21-35(22-19-26,32(36)34-31-9-5-6-20-33-31)23-25-10-14-28(15-11-25)38-29-16-12-27(37-2)13-17-29/h3-4,7-8,10-17,26,31,33H,5-6,9,18-23H2,1-2H3/p+1/t26?,31-,35?/m0/s1. The van der Waals surface area contributed by atoms with Crippen LogP contribution >= 0.6 is 11.8 Å². The van der Waals surface area contributed by atoms with Crippen LogP contribution in [0.3, 0.4) is 0 Å². The molecule has 2 heterocycles. The van der Waals surface area contributed by atoms with Gasteiger partial charge in [-0.2, -0.15) is 0 Å². The third kappa shape index (κ3) is 6.42. The zero-order chi connectivity index (χ0) is 26.4. The Balaban J connectivity index is 1.30. The van der Waals surface area contributed by atoms with Crippen LogP contribution in [0.15, 0.2) is 82.6 Å². The monoisotopic (exact) mass is 530 g/mol. The van der Waals surface area contributed by atoms with Crippen molar-refractivity contribution in [1.82, 2.24) is 10.6 Å². The Morgan fingerprint density at radius 1 is 0.947 bits per heavy atom. The first kappa shape index (κ1) is 26.8. The minimum atomic E-state index is 0.0867. The number of methoxy groups -OCH3 is 1. The first-order valence-electron chi connectivity index (χ1n) is 13.9. The zero-order valence-corrected chi connectivity index (χ0v) is 23.4. The zero-order valence-electron chi connectivity index (χ0n) is 22.6. The van der Waals surface area contributed by atoms with Crippen LogP contribution in [-0.4, -0.2) is 43.4 Å². The topological polar surface area (TPSA) is 50.4 Å². The average molecular weight is 531 g/mol. The van der Waals surface area contributed by atoms with Gasteiger partial charge in [0, 0.05) is 28.2 Å². The highest BCUT2D eigenvalue weighted by Gasteiger charge is 2.42. The summed E-state index contributed by atoms with van der Waals surface area (Å²) < 4.78 is 5.75. The van der Waals surface area contributed by atoms with Gasteiger partial charge in [0.25, 0.3) is 0 Å². The second-order valence-electron chi connectivity index (χ2n) is 10.8. The SMILES string of the molecule is COc1ccc(Sc2ccc(C[N+]3(C(=O)N[C@H]4CCCCN4)CCC(c4ccccc4C)CC3)cc2)cc1. The number of ether oxygens (including phenoxy) is 1. The molecule has 2 amide bonds. The second kappa shape index (κ2) is 12.4. The van der Waals surface area contributed by atoms with Gasteiger partial charge < -0.3 is 4.74 Å². The number of rotatable bonds is 7. The molecule has 0 saturated carbocycles. The number of likely N-dealkylation sites (tertiary alicyclic amines) is 1. The van der Waals surface area contributed by atoms with Crippen molar-refractivity contribution in [2.75, 3.05) is 26.7 Å². The molecule has 38 heavy (non-hydrogen) atoms. The van der Waals surface area contributed by atoms with Gasteiger partial charge in [0.2, 0.25) is 0 Å². The number of nitrogens with one attached hydrogen (secondary N) is 2. The molecule has 200 valence electrons. The molecular weight excluding hydrogens is 490 g/mol. The van der Waals surface area contributed by atoms with Gasteiger partial charge in [-0.15, -0.1) is 0 Å². The number of aryl methyl sites for hydroxylation is 1. The summed E-state index contributed by atoms with van der Waals surface area (Å²) in [6, 6.07) is 25.8. The molecule has 0 aromatic heterocycles. The molecule has 5 nitrogen and oxygen atoms in total. The van der Waals surface area contributed by atoms with Crippen LogP contribution in [0.5, 0.6) is 5.75 Å². The maximum atomic E-state index is 13.9. The normalized spacial score (nSPS) is 23.5. The van der Waals surface area contributed by atoms with E-state index >= 15 is 0 Å². The maximum absolute atomic E-state index is 13.9. The van der Waals surface area contributed by atoms with Gasteiger partial charge >= 0.3 is 6.03 Å². The molecule has 6 heteroatoms. The Kier molecular flexibility index (Phi) is 8.72. The molecule has 2 aliphatic rings. The average Bonchev–Trinajstić information content (AvgIpc) is 2.96. The van der Waals surface area contributed by atoms with Crippen molar-refractivity contribution in [2.45, 2.75) is 67.4 Å².